The number of nitrogens with one attached hydrogen (secondary N) is 2. The van der Waals surface area contributed by atoms with Gasteiger partial charge in [-0.3, -0.25) is 9.48 Å². The Morgan fingerprint density at radius 3 is 2.54 bits per heavy atom. The number of hydrogen-bond donors (Lipinski definition) is 2. The van der Waals surface area contributed by atoms with E-state index < -0.39 is 28.5 Å². The summed E-state index contributed by atoms with van der Waals surface area (Å²) in [6.45, 7) is 3.05. The van der Waals surface area contributed by atoms with Gasteiger partial charge < -0.3 is 10.1 Å². The van der Waals surface area contributed by atoms with E-state index in [4.69, 9.17) is 4.74 Å². The number of benzene rings is 1. The highest BCUT2D eigenvalue weighted by molar-refractivity contribution is 7.89. The van der Waals surface area contributed by atoms with Gasteiger partial charge in [-0.1, -0.05) is 6.07 Å². The third-order valence-electron chi connectivity index (χ3n) is 3.76. The van der Waals surface area contributed by atoms with Crippen LogP contribution in [0.1, 0.15) is 21.7 Å². The van der Waals surface area contributed by atoms with Gasteiger partial charge in [0.2, 0.25) is 10.0 Å². The predicted octanol–water partition coefficient (Wildman–Crippen LogP) is 0.741. The first-order valence-corrected chi connectivity index (χ1v) is 9.15. The maximum absolute atomic E-state index is 12.1. The van der Waals surface area contributed by atoms with E-state index in [1.807, 2.05) is 0 Å². The molecule has 1 amide bonds. The Bertz CT molecular complexity index is 950. The molecule has 2 rings (SSSR count). The number of rotatable bonds is 6. The van der Waals surface area contributed by atoms with Crippen LogP contribution in [-0.2, 0) is 26.6 Å². The zero-order valence-corrected chi connectivity index (χ0v) is 15.7. The summed E-state index contributed by atoms with van der Waals surface area (Å²) in [5.41, 5.74) is 2.01. The summed E-state index contributed by atoms with van der Waals surface area (Å²) < 4.78 is 32.3. The molecule has 0 saturated carbocycles. The van der Waals surface area contributed by atoms with Crippen molar-refractivity contribution in [2.24, 2.45) is 7.05 Å². The lowest BCUT2D eigenvalue weighted by Crippen LogP contribution is -2.22. The average molecular weight is 380 g/mol. The average Bonchev–Trinajstić information content (AvgIpc) is 2.86. The number of amides is 1. The van der Waals surface area contributed by atoms with Gasteiger partial charge >= 0.3 is 5.97 Å². The second-order valence-corrected chi connectivity index (χ2v) is 7.42. The molecule has 0 spiro atoms. The molecular formula is C16H20N4O5S. The molecule has 10 heteroatoms. The summed E-state index contributed by atoms with van der Waals surface area (Å²) in [6.07, 6.45) is 0. The lowest BCUT2D eigenvalue weighted by Gasteiger charge is -2.08. The Balaban J connectivity index is 2.02. The summed E-state index contributed by atoms with van der Waals surface area (Å²) in [4.78, 5) is 24.0. The Hall–Kier alpha value is -2.72. The first-order chi connectivity index (χ1) is 12.2. The standard InChI is InChI=1S/C16H20N4O5S/c1-10-15(11(2)20(4)19-10)18-14(21)9-25-16(22)12-6-5-7-13(8-12)26(23,24)17-3/h5-8,17H,9H2,1-4H3,(H,18,21). The van der Waals surface area contributed by atoms with Crippen molar-refractivity contribution >= 4 is 27.6 Å². The highest BCUT2D eigenvalue weighted by atomic mass is 32.2. The number of nitrogens with zero attached hydrogens (tertiary/aromatic N) is 2. The Morgan fingerprint density at radius 2 is 1.96 bits per heavy atom. The van der Waals surface area contributed by atoms with Crippen molar-refractivity contribution < 1.29 is 22.7 Å². The monoisotopic (exact) mass is 380 g/mol. The minimum absolute atomic E-state index is 0.0304. The molecule has 2 aromatic rings. The summed E-state index contributed by atoms with van der Waals surface area (Å²) in [7, 11) is -0.655. The van der Waals surface area contributed by atoms with Gasteiger partial charge in [0.25, 0.3) is 5.91 Å². The minimum Gasteiger partial charge on any atom is -0.452 e. The van der Waals surface area contributed by atoms with Crippen molar-refractivity contribution in [1.29, 1.82) is 0 Å². The number of esters is 1. The summed E-state index contributed by atoms with van der Waals surface area (Å²) in [6, 6.07) is 5.36. The molecule has 0 bridgehead atoms. The second-order valence-electron chi connectivity index (χ2n) is 5.53. The van der Waals surface area contributed by atoms with Crippen LogP contribution < -0.4 is 10.0 Å². The van der Waals surface area contributed by atoms with Crippen LogP contribution in [0.15, 0.2) is 29.2 Å². The first-order valence-electron chi connectivity index (χ1n) is 7.66. The van der Waals surface area contributed by atoms with Gasteiger partial charge in [0, 0.05) is 7.05 Å². The van der Waals surface area contributed by atoms with Crippen molar-refractivity contribution in [3.63, 3.8) is 0 Å². The molecule has 2 N–H and O–H groups in total. The third-order valence-corrected chi connectivity index (χ3v) is 5.17. The van der Waals surface area contributed by atoms with Gasteiger partial charge in [-0.15, -0.1) is 0 Å². The van der Waals surface area contributed by atoms with Crippen molar-refractivity contribution in [3.8, 4) is 0 Å². The van der Waals surface area contributed by atoms with Crippen molar-refractivity contribution in [1.82, 2.24) is 14.5 Å². The number of sulfonamides is 1. The van der Waals surface area contributed by atoms with Gasteiger partial charge in [-0.2, -0.15) is 5.10 Å². The molecule has 0 radical (unpaired) electrons. The lowest BCUT2D eigenvalue weighted by molar-refractivity contribution is -0.119. The lowest BCUT2D eigenvalue weighted by atomic mass is 10.2. The molecule has 0 aliphatic rings. The van der Waals surface area contributed by atoms with Gasteiger partial charge in [0.05, 0.1) is 27.5 Å². The maximum Gasteiger partial charge on any atom is 0.338 e. The van der Waals surface area contributed by atoms with Gasteiger partial charge in [0.15, 0.2) is 6.61 Å². The Kier molecular flexibility index (Phi) is 5.78. The highest BCUT2D eigenvalue weighted by Crippen LogP contribution is 2.18. The number of anilines is 1. The van der Waals surface area contributed by atoms with E-state index in [0.29, 0.717) is 11.4 Å². The summed E-state index contributed by atoms with van der Waals surface area (Å²) >= 11 is 0. The van der Waals surface area contributed by atoms with E-state index in [0.717, 1.165) is 5.69 Å². The molecular weight excluding hydrogens is 360 g/mol. The smallest absolute Gasteiger partial charge is 0.338 e. The van der Waals surface area contributed by atoms with Crippen LogP contribution in [0.4, 0.5) is 5.69 Å². The van der Waals surface area contributed by atoms with Crippen molar-refractivity contribution in [2.75, 3.05) is 19.0 Å². The molecule has 0 aliphatic heterocycles. The number of carbonyl (C=O) groups excluding carboxylic acids is 2. The zero-order chi connectivity index (χ0) is 19.5. The zero-order valence-electron chi connectivity index (χ0n) is 14.9. The van der Waals surface area contributed by atoms with Crippen LogP contribution in [0.2, 0.25) is 0 Å². The highest BCUT2D eigenvalue weighted by Gasteiger charge is 2.17. The topological polar surface area (TPSA) is 119 Å². The molecule has 1 aromatic carbocycles. The fraction of sp³-hybridized carbons (Fsp3) is 0.312. The van der Waals surface area contributed by atoms with Crippen LogP contribution >= 0.6 is 0 Å². The van der Waals surface area contributed by atoms with E-state index in [1.54, 1.807) is 25.6 Å². The SMILES string of the molecule is CNS(=O)(=O)c1cccc(C(=O)OCC(=O)Nc2c(C)nn(C)c2C)c1. The van der Waals surface area contributed by atoms with Crippen LogP contribution in [0.3, 0.4) is 0 Å². The van der Waals surface area contributed by atoms with Crippen LogP contribution in [-0.4, -0.2) is 43.7 Å². The van der Waals surface area contributed by atoms with E-state index in [9.17, 15) is 18.0 Å². The fourth-order valence-corrected chi connectivity index (χ4v) is 3.03. The predicted molar refractivity (Wildman–Crippen MR) is 94.3 cm³/mol. The molecule has 0 unspecified atom stereocenters. The molecule has 26 heavy (non-hydrogen) atoms. The number of hydrogen-bond acceptors (Lipinski definition) is 6. The molecule has 0 saturated heterocycles. The maximum atomic E-state index is 12.1. The fourth-order valence-electron chi connectivity index (χ4n) is 2.25. The molecule has 1 heterocycles. The van der Waals surface area contributed by atoms with Crippen LogP contribution in [0.5, 0.6) is 0 Å². The number of aromatic nitrogens is 2. The summed E-state index contributed by atoms with van der Waals surface area (Å²) in [5.74, 6) is -1.32. The second kappa shape index (κ2) is 7.67. The Labute approximate surface area is 151 Å². The van der Waals surface area contributed by atoms with Gasteiger partial charge in [0.1, 0.15) is 0 Å². The third kappa shape index (κ3) is 4.27. The van der Waals surface area contributed by atoms with Gasteiger partial charge in [-0.05, 0) is 39.1 Å². The van der Waals surface area contributed by atoms with E-state index in [2.05, 4.69) is 15.1 Å². The summed E-state index contributed by atoms with van der Waals surface area (Å²) in [5, 5.41) is 6.82. The van der Waals surface area contributed by atoms with Gasteiger partial charge in [-0.25, -0.2) is 17.9 Å². The molecule has 0 aliphatic carbocycles. The van der Waals surface area contributed by atoms with Crippen LogP contribution in [0, 0.1) is 13.8 Å². The molecule has 1 aromatic heterocycles. The number of ether oxygens (including phenoxy) is 1. The van der Waals surface area contributed by atoms with E-state index in [1.165, 1.54) is 31.3 Å². The minimum atomic E-state index is -3.68. The largest absolute Gasteiger partial charge is 0.452 e. The molecule has 0 atom stereocenters. The van der Waals surface area contributed by atoms with E-state index in [-0.39, 0.29) is 10.5 Å². The number of aryl methyl sites for hydroxylation is 2. The van der Waals surface area contributed by atoms with E-state index >= 15 is 0 Å². The van der Waals surface area contributed by atoms with Crippen molar-refractivity contribution in [2.45, 2.75) is 18.7 Å². The normalized spacial score (nSPS) is 11.2. The Morgan fingerprint density at radius 1 is 1.27 bits per heavy atom. The molecule has 9 nitrogen and oxygen atoms in total. The molecule has 0 fully saturated rings. The number of carbonyl (C=O) groups is 2. The quantitative estimate of drug-likeness (QED) is 0.714. The van der Waals surface area contributed by atoms with Crippen molar-refractivity contribution in [3.05, 3.63) is 41.2 Å². The first kappa shape index (κ1) is 19.6. The molecule has 140 valence electrons. The van der Waals surface area contributed by atoms with Crippen LogP contribution in [0.25, 0.3) is 0 Å².